The van der Waals surface area contributed by atoms with E-state index in [-0.39, 0.29) is 58.7 Å². The smallest absolute Gasteiger partial charge is 0.250 e. The van der Waals surface area contributed by atoms with Gasteiger partial charge in [-0.25, -0.2) is 0 Å². The Balaban J connectivity index is 1.40. The van der Waals surface area contributed by atoms with E-state index in [1.165, 1.54) is 19.2 Å². The zero-order chi connectivity index (χ0) is 31.7. The third-order valence-electron chi connectivity index (χ3n) is 8.52. The van der Waals surface area contributed by atoms with Crippen LogP contribution in [0.4, 0.5) is 0 Å². The molecule has 0 saturated carbocycles. The van der Waals surface area contributed by atoms with E-state index >= 15 is 0 Å². The van der Waals surface area contributed by atoms with E-state index in [1.54, 1.807) is 30.0 Å². The molecule has 234 valence electrons. The lowest BCUT2D eigenvalue weighted by Crippen LogP contribution is -2.55. The predicted octanol–water partition coefficient (Wildman–Crippen LogP) is 3.23. The van der Waals surface area contributed by atoms with Crippen molar-refractivity contribution in [1.29, 1.82) is 0 Å². The summed E-state index contributed by atoms with van der Waals surface area (Å²) in [5.41, 5.74) is 0.719. The Hall–Kier alpha value is -4.54. The summed E-state index contributed by atoms with van der Waals surface area (Å²) in [6.45, 7) is 7.04. The highest BCUT2D eigenvalue weighted by atomic mass is 16.5. The highest BCUT2D eigenvalue weighted by molar-refractivity contribution is 5.88. The molecule has 1 fully saturated rings. The number of benzene rings is 1. The highest BCUT2D eigenvalue weighted by Gasteiger charge is 2.39. The Labute approximate surface area is 255 Å². The third-order valence-corrected chi connectivity index (χ3v) is 8.52. The maximum atomic E-state index is 14.0. The summed E-state index contributed by atoms with van der Waals surface area (Å²) in [5.74, 6) is -1.72. The number of hydrogen-bond acceptors (Lipinski definition) is 8. The summed E-state index contributed by atoms with van der Waals surface area (Å²) in [6.07, 6.45) is 1.06. The number of fused-ring (bicyclic) bond motifs is 4. The van der Waals surface area contributed by atoms with E-state index in [1.807, 2.05) is 24.5 Å². The first kappa shape index (κ1) is 30.9. The number of amides is 2. The van der Waals surface area contributed by atoms with Gasteiger partial charge in [0.1, 0.15) is 11.8 Å². The van der Waals surface area contributed by atoms with Gasteiger partial charge in [0, 0.05) is 49.8 Å². The van der Waals surface area contributed by atoms with Crippen LogP contribution in [-0.4, -0.2) is 57.7 Å². The first-order valence-electron chi connectivity index (χ1n) is 14.9. The minimum Gasteiger partial charge on any atom is -0.504 e. The second kappa shape index (κ2) is 12.6. The number of methoxy groups -OCH3 is 1. The van der Waals surface area contributed by atoms with Gasteiger partial charge in [0.2, 0.25) is 23.0 Å². The number of phenolic OH excluding ortho intramolecular Hbond substituents is 1. The van der Waals surface area contributed by atoms with E-state index < -0.39 is 29.0 Å². The SMILES string of the molecule is COc1cc(C(CC(=O)N[C@@H](CC(C)C)C(=O)N2C[C@H]3C[C@@H](C2)c2cccc(=O)n2C3)c2oc(C)cc(=O)c2O)ccc1O. The Morgan fingerprint density at radius 1 is 1.09 bits per heavy atom. The minimum absolute atomic E-state index is 0.0294. The van der Waals surface area contributed by atoms with Crippen LogP contribution in [0.2, 0.25) is 0 Å². The molecule has 4 heterocycles. The zero-order valence-corrected chi connectivity index (χ0v) is 25.4. The van der Waals surface area contributed by atoms with Crippen LogP contribution in [0.1, 0.15) is 67.7 Å². The molecule has 1 unspecified atom stereocenters. The topological polar surface area (TPSA) is 151 Å². The van der Waals surface area contributed by atoms with Gasteiger partial charge in [-0.05, 0) is 55.4 Å². The van der Waals surface area contributed by atoms with Crippen LogP contribution in [0.5, 0.6) is 17.2 Å². The van der Waals surface area contributed by atoms with Gasteiger partial charge in [-0.15, -0.1) is 0 Å². The number of phenols is 1. The molecule has 11 nitrogen and oxygen atoms in total. The lowest BCUT2D eigenvalue weighted by Gasteiger charge is -2.43. The van der Waals surface area contributed by atoms with Crippen LogP contribution >= 0.6 is 0 Å². The van der Waals surface area contributed by atoms with E-state index in [4.69, 9.17) is 9.15 Å². The van der Waals surface area contributed by atoms with Gasteiger partial charge in [-0.2, -0.15) is 0 Å². The molecule has 4 atom stereocenters. The Bertz CT molecular complexity index is 1680. The van der Waals surface area contributed by atoms with Crippen LogP contribution in [-0.2, 0) is 16.1 Å². The average Bonchev–Trinajstić information content (AvgIpc) is 2.97. The van der Waals surface area contributed by atoms with Gasteiger partial charge >= 0.3 is 0 Å². The van der Waals surface area contributed by atoms with E-state index in [0.717, 1.165) is 18.2 Å². The summed E-state index contributed by atoms with van der Waals surface area (Å²) < 4.78 is 12.8. The Morgan fingerprint density at radius 2 is 1.86 bits per heavy atom. The van der Waals surface area contributed by atoms with Crippen molar-refractivity contribution in [3.05, 3.63) is 85.8 Å². The van der Waals surface area contributed by atoms with Crippen LogP contribution in [0, 0.1) is 18.8 Å². The van der Waals surface area contributed by atoms with Gasteiger partial charge in [0.25, 0.3) is 5.56 Å². The first-order valence-corrected chi connectivity index (χ1v) is 14.9. The minimum atomic E-state index is -0.920. The molecule has 2 bridgehead atoms. The second-order valence-corrected chi connectivity index (χ2v) is 12.3. The first-order chi connectivity index (χ1) is 20.9. The van der Waals surface area contributed by atoms with Crippen molar-refractivity contribution in [2.24, 2.45) is 11.8 Å². The van der Waals surface area contributed by atoms with Crippen molar-refractivity contribution in [1.82, 2.24) is 14.8 Å². The van der Waals surface area contributed by atoms with E-state index in [2.05, 4.69) is 5.32 Å². The van der Waals surface area contributed by atoms with Gasteiger partial charge in [0.15, 0.2) is 17.3 Å². The molecule has 3 aromatic rings. The molecule has 5 rings (SSSR count). The maximum absolute atomic E-state index is 14.0. The number of ether oxygens (including phenoxy) is 1. The van der Waals surface area contributed by atoms with Crippen LogP contribution < -0.4 is 21.0 Å². The fraction of sp³-hybridized carbons (Fsp3) is 0.455. The number of aromatic hydroxyl groups is 2. The largest absolute Gasteiger partial charge is 0.504 e. The molecule has 2 aliphatic heterocycles. The molecule has 1 aromatic carbocycles. The van der Waals surface area contributed by atoms with Gasteiger partial charge in [-0.3, -0.25) is 19.2 Å². The molecule has 11 heteroatoms. The molecule has 2 aromatic heterocycles. The summed E-state index contributed by atoms with van der Waals surface area (Å²) in [5, 5.41) is 23.7. The molecule has 0 spiro atoms. The standard InChI is InChI=1S/C33H39N3O8/c1-18(2)10-24(33(42)35-15-20-12-22(17-35)25-6-5-7-30(40)36(25)16-20)34-29(39)14-23(21-8-9-26(37)28(13-21)43-4)32-31(41)27(38)11-19(3)44-32/h5-9,11,13,18,20,22-24,37,41H,10,12,14-17H2,1-4H3,(H,34,39)/t20-,22+,23?,24+/m1/s1. The average molecular weight is 606 g/mol. The zero-order valence-electron chi connectivity index (χ0n) is 25.4. The summed E-state index contributed by atoms with van der Waals surface area (Å²) in [6, 6.07) is 10.1. The number of carbonyl (C=O) groups is 2. The molecule has 3 N–H and O–H groups in total. The number of likely N-dealkylation sites (tertiary alicyclic amines) is 1. The second-order valence-electron chi connectivity index (χ2n) is 12.3. The van der Waals surface area contributed by atoms with Crippen molar-refractivity contribution >= 4 is 11.8 Å². The summed E-state index contributed by atoms with van der Waals surface area (Å²) in [4.78, 5) is 54.3. The van der Waals surface area contributed by atoms with Crippen molar-refractivity contribution in [2.75, 3.05) is 20.2 Å². The number of carbonyl (C=O) groups excluding carboxylic acids is 2. The van der Waals surface area contributed by atoms with Crippen molar-refractivity contribution < 1.29 is 29.0 Å². The molecule has 0 radical (unpaired) electrons. The van der Waals surface area contributed by atoms with Crippen molar-refractivity contribution in [3.63, 3.8) is 0 Å². The molecular formula is C33H39N3O8. The number of nitrogens with zero attached hydrogens (tertiary/aromatic N) is 2. The number of pyridine rings is 1. The number of rotatable bonds is 9. The number of hydrogen-bond donors (Lipinski definition) is 3. The van der Waals surface area contributed by atoms with E-state index in [0.29, 0.717) is 31.6 Å². The number of aromatic nitrogens is 1. The van der Waals surface area contributed by atoms with Crippen LogP contribution in [0.25, 0.3) is 0 Å². The third kappa shape index (κ3) is 6.36. The predicted molar refractivity (Wildman–Crippen MR) is 162 cm³/mol. The van der Waals surface area contributed by atoms with Crippen LogP contribution in [0.15, 0.2) is 56.5 Å². The van der Waals surface area contributed by atoms with Crippen molar-refractivity contribution in [3.8, 4) is 17.2 Å². The van der Waals surface area contributed by atoms with Gasteiger partial charge < -0.3 is 34.2 Å². The molecular weight excluding hydrogens is 566 g/mol. The molecule has 2 amide bonds. The fourth-order valence-corrected chi connectivity index (χ4v) is 6.56. The lowest BCUT2D eigenvalue weighted by atomic mass is 9.82. The summed E-state index contributed by atoms with van der Waals surface area (Å²) >= 11 is 0. The van der Waals surface area contributed by atoms with Gasteiger partial charge in [-0.1, -0.05) is 26.0 Å². The molecule has 2 aliphatic rings. The summed E-state index contributed by atoms with van der Waals surface area (Å²) in [7, 11) is 1.39. The van der Waals surface area contributed by atoms with E-state index in [9.17, 15) is 29.4 Å². The quantitative estimate of drug-likeness (QED) is 0.336. The Morgan fingerprint density at radius 3 is 2.59 bits per heavy atom. The monoisotopic (exact) mass is 605 g/mol. The van der Waals surface area contributed by atoms with Gasteiger partial charge in [0.05, 0.1) is 13.0 Å². The number of aryl methyl sites for hydroxylation is 1. The van der Waals surface area contributed by atoms with Crippen molar-refractivity contribution in [2.45, 2.75) is 64.5 Å². The number of nitrogens with one attached hydrogen (secondary N) is 1. The number of piperidine rings is 1. The normalized spacial score (nSPS) is 18.8. The Kier molecular flexibility index (Phi) is 8.85. The lowest BCUT2D eigenvalue weighted by molar-refractivity contribution is -0.139. The van der Waals surface area contributed by atoms with Crippen LogP contribution in [0.3, 0.4) is 0 Å². The highest BCUT2D eigenvalue weighted by Crippen LogP contribution is 2.38. The molecule has 0 aliphatic carbocycles. The molecule has 44 heavy (non-hydrogen) atoms. The maximum Gasteiger partial charge on any atom is 0.250 e. The molecule has 1 saturated heterocycles. The fourth-order valence-electron chi connectivity index (χ4n) is 6.56.